The number of carbonyl (C=O) groups is 1. The van der Waals surface area contributed by atoms with Crippen LogP contribution in [0.5, 0.6) is 5.75 Å². The maximum atomic E-state index is 11.1. The van der Waals surface area contributed by atoms with Crippen LogP contribution in [0.15, 0.2) is 42.5 Å². The van der Waals surface area contributed by atoms with Crippen molar-refractivity contribution in [2.75, 3.05) is 0 Å². The van der Waals surface area contributed by atoms with Gasteiger partial charge in [-0.1, -0.05) is 24.3 Å². The SMILES string of the molecule is Cc1ccc(OCc2ccccc2C(=O)O)cc1C. The van der Waals surface area contributed by atoms with E-state index in [1.54, 1.807) is 18.2 Å². The summed E-state index contributed by atoms with van der Waals surface area (Å²) in [6.45, 7) is 4.32. The van der Waals surface area contributed by atoms with E-state index in [-0.39, 0.29) is 12.2 Å². The molecule has 0 heterocycles. The zero-order valence-electron chi connectivity index (χ0n) is 11.0. The van der Waals surface area contributed by atoms with Gasteiger partial charge in [-0.2, -0.15) is 0 Å². The molecule has 0 unspecified atom stereocenters. The van der Waals surface area contributed by atoms with Crippen molar-refractivity contribution in [3.63, 3.8) is 0 Å². The van der Waals surface area contributed by atoms with Crippen molar-refractivity contribution in [3.05, 3.63) is 64.7 Å². The Labute approximate surface area is 112 Å². The van der Waals surface area contributed by atoms with Crippen molar-refractivity contribution < 1.29 is 14.6 Å². The molecule has 0 bridgehead atoms. The Kier molecular flexibility index (Phi) is 3.85. The van der Waals surface area contributed by atoms with E-state index >= 15 is 0 Å². The van der Waals surface area contributed by atoms with Crippen LogP contribution < -0.4 is 4.74 Å². The van der Waals surface area contributed by atoms with Crippen LogP contribution in [0.1, 0.15) is 27.0 Å². The van der Waals surface area contributed by atoms with Gasteiger partial charge in [0.2, 0.25) is 0 Å². The Morgan fingerprint density at radius 2 is 1.84 bits per heavy atom. The van der Waals surface area contributed by atoms with E-state index < -0.39 is 5.97 Å². The molecule has 0 aliphatic carbocycles. The third-order valence-electron chi connectivity index (χ3n) is 3.12. The van der Waals surface area contributed by atoms with Crippen LogP contribution in [0.2, 0.25) is 0 Å². The largest absolute Gasteiger partial charge is 0.489 e. The fraction of sp³-hybridized carbons (Fsp3) is 0.188. The third kappa shape index (κ3) is 3.13. The minimum atomic E-state index is -0.931. The molecule has 0 aromatic heterocycles. The quantitative estimate of drug-likeness (QED) is 0.909. The third-order valence-corrected chi connectivity index (χ3v) is 3.12. The van der Waals surface area contributed by atoms with Crippen molar-refractivity contribution in [1.82, 2.24) is 0 Å². The molecule has 19 heavy (non-hydrogen) atoms. The van der Waals surface area contributed by atoms with Gasteiger partial charge < -0.3 is 9.84 Å². The molecule has 0 aliphatic rings. The second kappa shape index (κ2) is 5.57. The average molecular weight is 256 g/mol. The molecule has 0 saturated carbocycles. The van der Waals surface area contributed by atoms with Crippen molar-refractivity contribution in [2.24, 2.45) is 0 Å². The van der Waals surface area contributed by atoms with E-state index in [9.17, 15) is 4.79 Å². The molecule has 3 heteroatoms. The molecule has 0 amide bonds. The molecular formula is C16H16O3. The molecule has 3 nitrogen and oxygen atoms in total. The number of ether oxygens (including phenoxy) is 1. The summed E-state index contributed by atoms with van der Waals surface area (Å²) < 4.78 is 5.66. The Balaban J connectivity index is 2.14. The standard InChI is InChI=1S/C16H16O3/c1-11-7-8-14(9-12(11)2)19-10-13-5-3-4-6-15(13)16(17)18/h3-9H,10H2,1-2H3,(H,17,18). The minimum Gasteiger partial charge on any atom is -0.489 e. The van der Waals surface area contributed by atoms with Crippen molar-refractivity contribution in [3.8, 4) is 5.75 Å². The summed E-state index contributed by atoms with van der Waals surface area (Å²) >= 11 is 0. The highest BCUT2D eigenvalue weighted by Gasteiger charge is 2.09. The van der Waals surface area contributed by atoms with Crippen LogP contribution in [-0.2, 0) is 6.61 Å². The summed E-state index contributed by atoms with van der Waals surface area (Å²) in [4.78, 5) is 11.1. The molecular weight excluding hydrogens is 240 g/mol. The average Bonchev–Trinajstić information content (AvgIpc) is 2.40. The van der Waals surface area contributed by atoms with E-state index in [0.717, 1.165) is 11.3 Å². The normalized spacial score (nSPS) is 10.2. The summed E-state index contributed by atoms with van der Waals surface area (Å²) in [7, 11) is 0. The summed E-state index contributed by atoms with van der Waals surface area (Å²) in [5.41, 5.74) is 3.32. The van der Waals surface area contributed by atoms with Crippen LogP contribution in [0.3, 0.4) is 0 Å². The predicted molar refractivity (Wildman–Crippen MR) is 73.6 cm³/mol. The first-order valence-corrected chi connectivity index (χ1v) is 6.09. The van der Waals surface area contributed by atoms with E-state index in [0.29, 0.717) is 5.56 Å². The van der Waals surface area contributed by atoms with Gasteiger partial charge in [-0.05, 0) is 43.2 Å². The zero-order chi connectivity index (χ0) is 13.8. The van der Waals surface area contributed by atoms with E-state index in [2.05, 4.69) is 0 Å². The Bertz CT molecular complexity index is 603. The number of aryl methyl sites for hydroxylation is 2. The van der Waals surface area contributed by atoms with Gasteiger partial charge >= 0.3 is 5.97 Å². The van der Waals surface area contributed by atoms with Crippen LogP contribution in [0.4, 0.5) is 0 Å². The number of benzene rings is 2. The van der Waals surface area contributed by atoms with Gasteiger partial charge in [0.1, 0.15) is 12.4 Å². The number of hydrogen-bond donors (Lipinski definition) is 1. The second-order valence-electron chi connectivity index (χ2n) is 4.50. The molecule has 2 rings (SSSR count). The minimum absolute atomic E-state index is 0.255. The Morgan fingerprint density at radius 1 is 1.11 bits per heavy atom. The molecule has 2 aromatic carbocycles. The highest BCUT2D eigenvalue weighted by Crippen LogP contribution is 2.18. The molecule has 0 spiro atoms. The van der Waals surface area contributed by atoms with Crippen molar-refractivity contribution in [2.45, 2.75) is 20.5 Å². The number of carboxylic acid groups (broad SMARTS) is 1. The van der Waals surface area contributed by atoms with Gasteiger partial charge in [0, 0.05) is 5.56 Å². The van der Waals surface area contributed by atoms with E-state index in [1.807, 2.05) is 38.1 Å². The van der Waals surface area contributed by atoms with Crippen LogP contribution >= 0.6 is 0 Å². The first kappa shape index (κ1) is 13.1. The fourth-order valence-electron chi connectivity index (χ4n) is 1.82. The summed E-state index contributed by atoms with van der Waals surface area (Å²) in [5, 5.41) is 9.09. The number of rotatable bonds is 4. The first-order valence-electron chi connectivity index (χ1n) is 6.09. The molecule has 0 radical (unpaired) electrons. The van der Waals surface area contributed by atoms with E-state index in [1.165, 1.54) is 5.56 Å². The molecule has 1 N–H and O–H groups in total. The lowest BCUT2D eigenvalue weighted by Gasteiger charge is -2.10. The van der Waals surface area contributed by atoms with Gasteiger partial charge in [-0.15, -0.1) is 0 Å². The van der Waals surface area contributed by atoms with Gasteiger partial charge in [-0.3, -0.25) is 0 Å². The molecule has 0 fully saturated rings. The van der Waals surface area contributed by atoms with Gasteiger partial charge in [-0.25, -0.2) is 4.79 Å². The molecule has 0 saturated heterocycles. The first-order chi connectivity index (χ1) is 9.08. The molecule has 0 aliphatic heterocycles. The van der Waals surface area contributed by atoms with Crippen molar-refractivity contribution in [1.29, 1.82) is 0 Å². The summed E-state index contributed by atoms with van der Waals surface area (Å²) in [5.74, 6) is -0.178. The maximum Gasteiger partial charge on any atom is 0.336 e. The lowest BCUT2D eigenvalue weighted by Crippen LogP contribution is -2.05. The lowest BCUT2D eigenvalue weighted by molar-refractivity contribution is 0.0694. The van der Waals surface area contributed by atoms with E-state index in [4.69, 9.17) is 9.84 Å². The number of aromatic carboxylic acids is 1. The Hall–Kier alpha value is -2.29. The number of carboxylic acids is 1. The van der Waals surface area contributed by atoms with Gasteiger partial charge in [0.05, 0.1) is 5.56 Å². The monoisotopic (exact) mass is 256 g/mol. The highest BCUT2D eigenvalue weighted by molar-refractivity contribution is 5.89. The van der Waals surface area contributed by atoms with Crippen LogP contribution in [0.25, 0.3) is 0 Å². The molecule has 0 atom stereocenters. The summed E-state index contributed by atoms with van der Waals surface area (Å²) in [6.07, 6.45) is 0. The maximum absolute atomic E-state index is 11.1. The van der Waals surface area contributed by atoms with Gasteiger partial charge in [0.15, 0.2) is 0 Å². The Morgan fingerprint density at radius 3 is 2.53 bits per heavy atom. The predicted octanol–water partition coefficient (Wildman–Crippen LogP) is 3.58. The summed E-state index contributed by atoms with van der Waals surface area (Å²) in [6, 6.07) is 12.7. The van der Waals surface area contributed by atoms with Gasteiger partial charge in [0.25, 0.3) is 0 Å². The van der Waals surface area contributed by atoms with Crippen LogP contribution in [0, 0.1) is 13.8 Å². The smallest absolute Gasteiger partial charge is 0.336 e. The second-order valence-corrected chi connectivity index (χ2v) is 4.50. The zero-order valence-corrected chi connectivity index (χ0v) is 11.0. The topological polar surface area (TPSA) is 46.5 Å². The fourth-order valence-corrected chi connectivity index (χ4v) is 1.82. The lowest BCUT2D eigenvalue weighted by atomic mass is 10.1. The highest BCUT2D eigenvalue weighted by atomic mass is 16.5. The molecule has 2 aromatic rings. The number of hydrogen-bond acceptors (Lipinski definition) is 2. The van der Waals surface area contributed by atoms with Crippen molar-refractivity contribution >= 4 is 5.97 Å². The molecule has 98 valence electrons. The van der Waals surface area contributed by atoms with Crippen LogP contribution in [-0.4, -0.2) is 11.1 Å².